The number of carbonyl (C=O) groups is 1. The Kier molecular flexibility index (Phi) is 4.66. The fourth-order valence-corrected chi connectivity index (χ4v) is 1.09. The highest BCUT2D eigenvalue weighted by Crippen LogP contribution is 2.19. The zero-order valence-electron chi connectivity index (χ0n) is 5.99. The van der Waals surface area contributed by atoms with Gasteiger partial charge in [-0.2, -0.15) is 4.89 Å². The molecule has 1 unspecified atom stereocenters. The largest absolute Gasteiger partial charge is 0.509 e. The summed E-state index contributed by atoms with van der Waals surface area (Å²) >= 11 is 0. The maximum atomic E-state index is 10.2. The van der Waals surface area contributed by atoms with Gasteiger partial charge in [0.05, 0.1) is 0 Å². The quantitative estimate of drug-likeness (QED) is 0.487. The Morgan fingerprint density at radius 3 is 2.36 bits per heavy atom. The fourth-order valence-electron chi connectivity index (χ4n) is 0.554. The van der Waals surface area contributed by atoms with Crippen LogP contribution < -0.4 is 0 Å². The molecule has 0 aromatic heterocycles. The molecule has 0 aliphatic rings. The smallest absolute Gasteiger partial charge is 0.481 e. The van der Waals surface area contributed by atoms with Gasteiger partial charge in [-0.05, 0) is 16.6 Å². The molecule has 1 atom stereocenters. The number of carboxylic acid groups (broad SMARTS) is 1. The summed E-state index contributed by atoms with van der Waals surface area (Å²) in [6, 6.07) is 0. The van der Waals surface area contributed by atoms with Crippen molar-refractivity contribution in [1.82, 2.24) is 0 Å². The second-order valence-corrected chi connectivity index (χ2v) is 3.17. The minimum absolute atomic E-state index is 0.00259. The van der Waals surface area contributed by atoms with Gasteiger partial charge in [0.25, 0.3) is 0 Å². The van der Waals surface area contributed by atoms with E-state index in [1.165, 1.54) is 0 Å². The third-order valence-electron chi connectivity index (χ3n) is 1.05. The molecule has 4 nitrogen and oxygen atoms in total. The van der Waals surface area contributed by atoms with E-state index in [4.69, 9.17) is 10.00 Å². The lowest BCUT2D eigenvalue weighted by atomic mass is 10.2. The first-order valence-corrected chi connectivity index (χ1v) is 4.44. The average Bonchev–Trinajstić information content (AvgIpc) is 1.82. The van der Waals surface area contributed by atoms with Crippen LogP contribution in [0.25, 0.3) is 0 Å². The Hall–Kier alpha value is -0.730. The molecule has 0 aliphatic carbocycles. The number of allylic oxidation sites excluding steroid dienone is 1. The minimum Gasteiger partial charge on any atom is -0.481 e. The van der Waals surface area contributed by atoms with Gasteiger partial charge in [0.2, 0.25) is 0 Å². The van der Waals surface area contributed by atoms with Gasteiger partial charge in [-0.15, -0.1) is 0 Å². The van der Waals surface area contributed by atoms with E-state index in [2.05, 4.69) is 6.58 Å². The molecule has 0 spiro atoms. The molecule has 0 saturated heterocycles. The van der Waals surface area contributed by atoms with Crippen molar-refractivity contribution in [3.8, 4) is 0 Å². The van der Waals surface area contributed by atoms with Crippen molar-refractivity contribution in [3.63, 3.8) is 0 Å². The maximum Gasteiger partial charge on any atom is 0.509 e. The zero-order valence-corrected chi connectivity index (χ0v) is 6.88. The highest BCUT2D eigenvalue weighted by Gasteiger charge is 2.12. The Morgan fingerprint density at radius 2 is 2.00 bits per heavy atom. The molecule has 0 aliphatic heterocycles. The Balaban J connectivity index is 3.53. The van der Waals surface area contributed by atoms with Crippen molar-refractivity contribution in [2.24, 2.45) is 0 Å². The van der Waals surface area contributed by atoms with Gasteiger partial charge < -0.3 is 5.11 Å². The van der Waals surface area contributed by atoms with Gasteiger partial charge in [-0.1, -0.05) is 6.58 Å². The van der Waals surface area contributed by atoms with E-state index in [0.29, 0.717) is 5.57 Å². The zero-order chi connectivity index (χ0) is 8.85. The molecule has 0 rings (SSSR count). The summed E-state index contributed by atoms with van der Waals surface area (Å²) in [7, 11) is -2.21. The van der Waals surface area contributed by atoms with Crippen molar-refractivity contribution in [1.29, 1.82) is 0 Å². The summed E-state index contributed by atoms with van der Waals surface area (Å²) in [4.78, 5) is 18.4. The van der Waals surface area contributed by atoms with Crippen molar-refractivity contribution in [3.05, 3.63) is 12.2 Å². The predicted molar refractivity (Wildman–Crippen MR) is 40.7 cm³/mol. The van der Waals surface area contributed by atoms with Crippen molar-refractivity contribution >= 4 is 14.0 Å². The molecule has 0 aromatic carbocycles. The van der Waals surface area contributed by atoms with Crippen LogP contribution in [0.3, 0.4) is 0 Å². The van der Waals surface area contributed by atoms with E-state index in [0.717, 1.165) is 0 Å². The number of hydrogen-bond donors (Lipinski definition) is 2. The predicted octanol–water partition coefficient (Wildman–Crippen LogP) is 1.14. The van der Waals surface area contributed by atoms with Crippen LogP contribution >= 0.6 is 8.03 Å². The third kappa shape index (κ3) is 7.16. The van der Waals surface area contributed by atoms with Gasteiger partial charge in [-0.25, -0.2) is 0 Å². The van der Waals surface area contributed by atoms with Crippen LogP contribution in [-0.4, -0.2) is 22.1 Å². The Labute approximate surface area is 65.4 Å². The van der Waals surface area contributed by atoms with Crippen LogP contribution in [0.5, 0.6) is 0 Å². The molecule has 5 heteroatoms. The first-order valence-electron chi connectivity index (χ1n) is 3.04. The van der Waals surface area contributed by atoms with E-state index >= 15 is 0 Å². The summed E-state index contributed by atoms with van der Waals surface area (Å²) < 4.78 is 10.2. The minimum atomic E-state index is -2.21. The highest BCUT2D eigenvalue weighted by atomic mass is 31.1. The molecule has 0 amide bonds. The van der Waals surface area contributed by atoms with Gasteiger partial charge in [-0.3, -0.25) is 4.79 Å². The van der Waals surface area contributed by atoms with Crippen molar-refractivity contribution in [2.75, 3.05) is 6.16 Å². The van der Waals surface area contributed by atoms with E-state index < -0.39 is 14.0 Å². The second kappa shape index (κ2) is 4.99. The van der Waals surface area contributed by atoms with Gasteiger partial charge in [0.1, 0.15) is 0 Å². The Bertz CT molecular complexity index is 187. The van der Waals surface area contributed by atoms with Gasteiger partial charge in [0.15, 0.2) is 6.16 Å². The van der Waals surface area contributed by atoms with E-state index in [-0.39, 0.29) is 19.0 Å². The van der Waals surface area contributed by atoms with Crippen LogP contribution in [0.1, 0.15) is 12.8 Å². The summed E-state index contributed by atoms with van der Waals surface area (Å²) in [5, 5.41) is 8.22. The first kappa shape index (κ1) is 10.3. The lowest BCUT2D eigenvalue weighted by molar-refractivity contribution is -0.136. The van der Waals surface area contributed by atoms with Crippen molar-refractivity contribution < 1.29 is 19.4 Å². The van der Waals surface area contributed by atoms with E-state index in [1.54, 1.807) is 0 Å². The standard InChI is InChI=1S/C6H9O4P/c1-5(4-11(9)10)2-3-6(7)8/h1-4H2,(H-,7,8,9,10)/p+1. The average molecular weight is 177 g/mol. The maximum absolute atomic E-state index is 10.2. The molecule has 62 valence electrons. The molecular weight excluding hydrogens is 167 g/mol. The molecule has 11 heavy (non-hydrogen) atoms. The molecule has 0 fully saturated rings. The molecular formula is C6H10O4P+. The topological polar surface area (TPSA) is 74.6 Å². The lowest BCUT2D eigenvalue weighted by Crippen LogP contribution is -1.96. The Morgan fingerprint density at radius 1 is 1.45 bits per heavy atom. The summed E-state index contributed by atoms with van der Waals surface area (Å²) in [5.74, 6) is -0.917. The molecule has 0 aromatic rings. The van der Waals surface area contributed by atoms with E-state index in [1.807, 2.05) is 0 Å². The summed E-state index contributed by atoms with van der Waals surface area (Å²) in [5.41, 5.74) is 0.510. The van der Waals surface area contributed by atoms with Crippen molar-refractivity contribution in [2.45, 2.75) is 12.8 Å². The van der Waals surface area contributed by atoms with Crippen LogP contribution in [0.15, 0.2) is 12.2 Å². The van der Waals surface area contributed by atoms with Gasteiger partial charge in [0, 0.05) is 6.42 Å². The third-order valence-corrected chi connectivity index (χ3v) is 1.77. The van der Waals surface area contributed by atoms with Gasteiger partial charge >= 0.3 is 14.0 Å². The van der Waals surface area contributed by atoms with E-state index in [9.17, 15) is 9.36 Å². The van der Waals surface area contributed by atoms with Crippen LogP contribution in [-0.2, 0) is 9.36 Å². The highest BCUT2D eigenvalue weighted by molar-refractivity contribution is 7.38. The number of carboxylic acids is 1. The van der Waals surface area contributed by atoms with Crippen LogP contribution in [0.4, 0.5) is 0 Å². The molecule has 2 N–H and O–H groups in total. The van der Waals surface area contributed by atoms with Crippen LogP contribution in [0, 0.1) is 0 Å². The fraction of sp³-hybridized carbons (Fsp3) is 0.500. The molecule has 0 saturated carbocycles. The number of hydrogen-bond acceptors (Lipinski definition) is 2. The normalized spacial score (nSPS) is 10.8. The number of aliphatic carboxylic acids is 1. The van der Waals surface area contributed by atoms with Crippen LogP contribution in [0.2, 0.25) is 0 Å². The monoisotopic (exact) mass is 177 g/mol. The summed E-state index contributed by atoms with van der Waals surface area (Å²) in [6.07, 6.45) is 0.252. The SMILES string of the molecule is C=C(CCC(=O)O)C[P+](=O)O. The molecule has 0 bridgehead atoms. The molecule has 0 heterocycles. The lowest BCUT2D eigenvalue weighted by Gasteiger charge is -1.92. The second-order valence-electron chi connectivity index (χ2n) is 2.15. The summed E-state index contributed by atoms with van der Waals surface area (Å²) in [6.45, 7) is 3.46. The molecule has 0 radical (unpaired) electrons. The first-order chi connectivity index (χ1) is 5.02. The number of rotatable bonds is 5.